The summed E-state index contributed by atoms with van der Waals surface area (Å²) in [6.45, 7) is 4.46. The Hall–Kier alpha value is -2.82. The van der Waals surface area contributed by atoms with Gasteiger partial charge in [0.15, 0.2) is 0 Å². The van der Waals surface area contributed by atoms with E-state index in [2.05, 4.69) is 15.6 Å². The molecule has 0 saturated carbocycles. The molecule has 0 radical (unpaired) electrons. The standard InChI is InChI=1S/C19H20FN3O/c1-19(2,12-22-18(24)23-14-6-4-3-5-7-14)16-11-21-17-9-8-13(20)10-15(16)17/h3-11,21H,12H2,1-2H3,(H2,22,23,24). The molecule has 0 bridgehead atoms. The van der Waals surface area contributed by atoms with Crippen LogP contribution in [-0.2, 0) is 5.41 Å². The van der Waals surface area contributed by atoms with E-state index in [-0.39, 0.29) is 17.3 Å². The maximum atomic E-state index is 13.5. The Morgan fingerprint density at radius 1 is 1.17 bits per heavy atom. The molecular formula is C19H20FN3O. The zero-order valence-electron chi connectivity index (χ0n) is 13.7. The highest BCUT2D eigenvalue weighted by Gasteiger charge is 2.25. The molecule has 0 aliphatic rings. The fourth-order valence-corrected chi connectivity index (χ4v) is 2.75. The molecule has 0 atom stereocenters. The lowest BCUT2D eigenvalue weighted by atomic mass is 9.84. The summed E-state index contributed by atoms with van der Waals surface area (Å²) in [7, 11) is 0. The first-order chi connectivity index (χ1) is 11.5. The van der Waals surface area contributed by atoms with Crippen molar-refractivity contribution >= 4 is 22.6 Å². The molecule has 3 aromatic rings. The summed E-state index contributed by atoms with van der Waals surface area (Å²) >= 11 is 0. The largest absolute Gasteiger partial charge is 0.361 e. The monoisotopic (exact) mass is 325 g/mol. The average molecular weight is 325 g/mol. The third-order valence-corrected chi connectivity index (χ3v) is 4.10. The van der Waals surface area contributed by atoms with E-state index in [0.29, 0.717) is 6.54 Å². The number of nitrogens with one attached hydrogen (secondary N) is 3. The molecule has 0 fully saturated rings. The minimum absolute atomic E-state index is 0.264. The third-order valence-electron chi connectivity index (χ3n) is 4.10. The number of urea groups is 1. The van der Waals surface area contributed by atoms with Gasteiger partial charge in [-0.05, 0) is 35.9 Å². The third kappa shape index (κ3) is 3.40. The molecule has 1 aromatic heterocycles. The number of aromatic nitrogens is 1. The van der Waals surface area contributed by atoms with Gasteiger partial charge in [0.25, 0.3) is 0 Å². The van der Waals surface area contributed by atoms with Crippen LogP contribution in [0, 0.1) is 5.82 Å². The summed E-state index contributed by atoms with van der Waals surface area (Å²) in [4.78, 5) is 15.2. The van der Waals surface area contributed by atoms with Crippen molar-refractivity contribution in [3.05, 3.63) is 66.1 Å². The highest BCUT2D eigenvalue weighted by atomic mass is 19.1. The van der Waals surface area contributed by atoms with Crippen LogP contribution in [0.1, 0.15) is 19.4 Å². The molecule has 3 rings (SSSR count). The van der Waals surface area contributed by atoms with Gasteiger partial charge in [0, 0.05) is 34.7 Å². The van der Waals surface area contributed by atoms with Crippen molar-refractivity contribution in [3.63, 3.8) is 0 Å². The number of para-hydroxylation sites is 1. The van der Waals surface area contributed by atoms with Gasteiger partial charge in [-0.25, -0.2) is 9.18 Å². The fraction of sp³-hybridized carbons (Fsp3) is 0.211. The van der Waals surface area contributed by atoms with E-state index in [1.807, 2.05) is 50.4 Å². The number of amides is 2. The highest BCUT2D eigenvalue weighted by molar-refractivity contribution is 5.89. The zero-order chi connectivity index (χ0) is 17.2. The van der Waals surface area contributed by atoms with E-state index in [0.717, 1.165) is 22.2 Å². The first-order valence-electron chi connectivity index (χ1n) is 7.83. The Labute approximate surface area is 140 Å². The lowest BCUT2D eigenvalue weighted by Gasteiger charge is -2.25. The maximum absolute atomic E-state index is 13.5. The Balaban J connectivity index is 1.71. The van der Waals surface area contributed by atoms with Crippen LogP contribution in [0.15, 0.2) is 54.7 Å². The summed E-state index contributed by atoms with van der Waals surface area (Å²) in [6, 6.07) is 13.7. The van der Waals surface area contributed by atoms with Gasteiger partial charge in [-0.15, -0.1) is 0 Å². The molecule has 0 aliphatic carbocycles. The molecule has 2 amide bonds. The average Bonchev–Trinajstić information content (AvgIpc) is 2.98. The quantitative estimate of drug-likeness (QED) is 0.654. The van der Waals surface area contributed by atoms with E-state index in [1.54, 1.807) is 6.07 Å². The molecule has 24 heavy (non-hydrogen) atoms. The second kappa shape index (κ2) is 6.35. The van der Waals surface area contributed by atoms with Crippen molar-refractivity contribution in [1.29, 1.82) is 0 Å². The van der Waals surface area contributed by atoms with Crippen molar-refractivity contribution < 1.29 is 9.18 Å². The van der Waals surface area contributed by atoms with E-state index < -0.39 is 0 Å². The van der Waals surface area contributed by atoms with Crippen LogP contribution < -0.4 is 10.6 Å². The summed E-state index contributed by atoms with van der Waals surface area (Å²) in [6.07, 6.45) is 1.88. The Bertz CT molecular complexity index is 855. The van der Waals surface area contributed by atoms with Gasteiger partial charge in [-0.1, -0.05) is 32.0 Å². The van der Waals surface area contributed by atoms with Crippen molar-refractivity contribution in [2.75, 3.05) is 11.9 Å². The van der Waals surface area contributed by atoms with E-state index >= 15 is 0 Å². The van der Waals surface area contributed by atoms with Gasteiger partial charge >= 0.3 is 6.03 Å². The predicted octanol–water partition coefficient (Wildman–Crippen LogP) is 4.41. The van der Waals surface area contributed by atoms with Crippen molar-refractivity contribution in [2.24, 2.45) is 0 Å². The summed E-state index contributed by atoms with van der Waals surface area (Å²) in [5.74, 6) is -0.270. The van der Waals surface area contributed by atoms with Crippen molar-refractivity contribution in [2.45, 2.75) is 19.3 Å². The number of hydrogen-bond donors (Lipinski definition) is 3. The molecule has 0 aliphatic heterocycles. The van der Waals surface area contributed by atoms with E-state index in [1.165, 1.54) is 12.1 Å². The van der Waals surface area contributed by atoms with Gasteiger partial charge < -0.3 is 15.6 Å². The van der Waals surface area contributed by atoms with Gasteiger partial charge in [-0.2, -0.15) is 0 Å². The van der Waals surface area contributed by atoms with Crippen LogP contribution >= 0.6 is 0 Å². The van der Waals surface area contributed by atoms with Crippen LogP contribution in [0.3, 0.4) is 0 Å². The number of carbonyl (C=O) groups is 1. The number of H-pyrrole nitrogens is 1. The molecule has 0 unspecified atom stereocenters. The number of hydrogen-bond acceptors (Lipinski definition) is 1. The first kappa shape index (κ1) is 16.1. The summed E-state index contributed by atoms with van der Waals surface area (Å²) < 4.78 is 13.5. The Morgan fingerprint density at radius 2 is 1.92 bits per heavy atom. The smallest absolute Gasteiger partial charge is 0.319 e. The molecule has 124 valence electrons. The molecule has 5 heteroatoms. The second-order valence-electron chi connectivity index (χ2n) is 6.45. The lowest BCUT2D eigenvalue weighted by molar-refractivity contribution is 0.249. The zero-order valence-corrected chi connectivity index (χ0v) is 13.7. The molecule has 0 spiro atoms. The van der Waals surface area contributed by atoms with Crippen LogP contribution in [0.2, 0.25) is 0 Å². The van der Waals surface area contributed by atoms with Crippen molar-refractivity contribution in [3.8, 4) is 0 Å². The number of halogens is 1. The molecule has 1 heterocycles. The SMILES string of the molecule is CC(C)(CNC(=O)Nc1ccccc1)c1c[nH]c2ccc(F)cc12. The van der Waals surface area contributed by atoms with Gasteiger partial charge in [0.1, 0.15) is 5.82 Å². The number of fused-ring (bicyclic) bond motifs is 1. The first-order valence-corrected chi connectivity index (χ1v) is 7.83. The summed E-state index contributed by atoms with van der Waals surface area (Å²) in [5.41, 5.74) is 2.24. The summed E-state index contributed by atoms with van der Waals surface area (Å²) in [5, 5.41) is 6.51. The number of carbonyl (C=O) groups excluding carboxylic acids is 1. The van der Waals surface area contributed by atoms with Gasteiger partial charge in [0.05, 0.1) is 0 Å². The van der Waals surface area contributed by atoms with Crippen LogP contribution in [-0.4, -0.2) is 17.6 Å². The molecule has 0 saturated heterocycles. The van der Waals surface area contributed by atoms with E-state index in [9.17, 15) is 9.18 Å². The predicted molar refractivity (Wildman–Crippen MR) is 94.7 cm³/mol. The molecule has 2 aromatic carbocycles. The second-order valence-corrected chi connectivity index (χ2v) is 6.45. The van der Waals surface area contributed by atoms with Crippen LogP contribution in [0.4, 0.5) is 14.9 Å². The number of aromatic amines is 1. The van der Waals surface area contributed by atoms with E-state index in [4.69, 9.17) is 0 Å². The van der Waals surface area contributed by atoms with Crippen LogP contribution in [0.25, 0.3) is 10.9 Å². The minimum atomic E-state index is -0.347. The molecule has 3 N–H and O–H groups in total. The number of benzene rings is 2. The fourth-order valence-electron chi connectivity index (χ4n) is 2.75. The highest BCUT2D eigenvalue weighted by Crippen LogP contribution is 2.30. The molecular weight excluding hydrogens is 305 g/mol. The Kier molecular flexibility index (Phi) is 4.25. The topological polar surface area (TPSA) is 56.9 Å². The van der Waals surface area contributed by atoms with Gasteiger partial charge in [0.2, 0.25) is 0 Å². The number of rotatable bonds is 4. The van der Waals surface area contributed by atoms with Crippen molar-refractivity contribution in [1.82, 2.24) is 10.3 Å². The van der Waals surface area contributed by atoms with Crippen LogP contribution in [0.5, 0.6) is 0 Å². The lowest BCUT2D eigenvalue weighted by Crippen LogP contribution is -2.38. The maximum Gasteiger partial charge on any atom is 0.319 e. The number of anilines is 1. The normalized spacial score (nSPS) is 11.5. The Morgan fingerprint density at radius 3 is 2.67 bits per heavy atom. The minimum Gasteiger partial charge on any atom is -0.361 e. The van der Waals surface area contributed by atoms with Gasteiger partial charge in [-0.3, -0.25) is 0 Å². The molecule has 4 nitrogen and oxygen atoms in total.